The van der Waals surface area contributed by atoms with E-state index >= 15 is 0 Å². The maximum atomic E-state index is 4.61. The number of benzene rings is 1. The van der Waals surface area contributed by atoms with Crippen molar-refractivity contribution in [2.24, 2.45) is 4.99 Å². The van der Waals surface area contributed by atoms with Crippen LogP contribution in [-0.2, 0) is 6.54 Å². The van der Waals surface area contributed by atoms with E-state index < -0.39 is 0 Å². The summed E-state index contributed by atoms with van der Waals surface area (Å²) in [6, 6.07) is 10.5. The van der Waals surface area contributed by atoms with E-state index in [1.54, 1.807) is 0 Å². The van der Waals surface area contributed by atoms with Crippen molar-refractivity contribution >= 4 is 5.71 Å². The summed E-state index contributed by atoms with van der Waals surface area (Å²) in [4.78, 5) is 4.61. The predicted octanol–water partition coefficient (Wildman–Crippen LogP) is 3.20. The van der Waals surface area contributed by atoms with E-state index in [0.717, 1.165) is 6.54 Å². The average Bonchev–Trinajstić information content (AvgIpc) is 2.69. The van der Waals surface area contributed by atoms with Gasteiger partial charge in [-0.25, -0.2) is 0 Å². The Kier molecular flexibility index (Phi) is 2.75. The third-order valence-electron chi connectivity index (χ3n) is 2.51. The molecule has 1 aromatic rings. The van der Waals surface area contributed by atoms with Gasteiger partial charge in [0, 0.05) is 5.71 Å². The summed E-state index contributed by atoms with van der Waals surface area (Å²) in [6.07, 6.45) is 5.14. The summed E-state index contributed by atoms with van der Waals surface area (Å²) in [6.45, 7) is 0.871. The van der Waals surface area contributed by atoms with Gasteiger partial charge in [-0.3, -0.25) is 4.99 Å². The van der Waals surface area contributed by atoms with Crippen LogP contribution in [0, 0.1) is 0 Å². The molecule has 1 heteroatoms. The number of hydrogen-bond acceptors (Lipinski definition) is 1. The van der Waals surface area contributed by atoms with Gasteiger partial charge in [0.25, 0.3) is 0 Å². The Balaban J connectivity index is 1.95. The van der Waals surface area contributed by atoms with Crippen molar-refractivity contribution in [3.8, 4) is 0 Å². The lowest BCUT2D eigenvalue weighted by Crippen LogP contribution is -1.90. The molecule has 1 nitrogen and oxygen atoms in total. The molecule has 1 fully saturated rings. The molecule has 0 spiro atoms. The van der Waals surface area contributed by atoms with Crippen molar-refractivity contribution in [3.63, 3.8) is 0 Å². The molecule has 0 amide bonds. The summed E-state index contributed by atoms with van der Waals surface area (Å²) in [7, 11) is 0. The summed E-state index contributed by atoms with van der Waals surface area (Å²) in [5.74, 6) is 0. The van der Waals surface area contributed by atoms with E-state index in [4.69, 9.17) is 0 Å². The van der Waals surface area contributed by atoms with Gasteiger partial charge in [-0.2, -0.15) is 0 Å². The van der Waals surface area contributed by atoms with Crippen molar-refractivity contribution in [2.75, 3.05) is 0 Å². The molecule has 0 aliphatic heterocycles. The smallest absolute Gasteiger partial charge is 0.0639 e. The van der Waals surface area contributed by atoms with Crippen LogP contribution in [0.25, 0.3) is 0 Å². The molecular formula is C12H15N. The first-order valence-corrected chi connectivity index (χ1v) is 5.01. The number of aliphatic imine (C=N–C) groups is 1. The van der Waals surface area contributed by atoms with Gasteiger partial charge in [0.05, 0.1) is 6.54 Å². The predicted molar refractivity (Wildman–Crippen MR) is 56.0 cm³/mol. The molecule has 0 atom stereocenters. The van der Waals surface area contributed by atoms with Crippen molar-refractivity contribution in [1.82, 2.24) is 0 Å². The molecule has 2 rings (SSSR count). The highest BCUT2D eigenvalue weighted by Crippen LogP contribution is 2.15. The van der Waals surface area contributed by atoms with Gasteiger partial charge in [-0.1, -0.05) is 30.3 Å². The highest BCUT2D eigenvalue weighted by molar-refractivity contribution is 5.86. The van der Waals surface area contributed by atoms with E-state index in [9.17, 15) is 0 Å². The van der Waals surface area contributed by atoms with Crippen LogP contribution in [0.1, 0.15) is 31.2 Å². The van der Waals surface area contributed by atoms with Crippen LogP contribution < -0.4 is 0 Å². The van der Waals surface area contributed by atoms with E-state index in [2.05, 4.69) is 29.3 Å². The zero-order valence-electron chi connectivity index (χ0n) is 7.87. The van der Waals surface area contributed by atoms with Crippen molar-refractivity contribution < 1.29 is 0 Å². The minimum Gasteiger partial charge on any atom is -0.289 e. The van der Waals surface area contributed by atoms with Gasteiger partial charge in [0.2, 0.25) is 0 Å². The molecule has 0 saturated heterocycles. The van der Waals surface area contributed by atoms with Gasteiger partial charge >= 0.3 is 0 Å². The summed E-state index contributed by atoms with van der Waals surface area (Å²) in [5.41, 5.74) is 2.74. The topological polar surface area (TPSA) is 12.4 Å². The maximum Gasteiger partial charge on any atom is 0.0639 e. The molecule has 1 aromatic carbocycles. The van der Waals surface area contributed by atoms with E-state index in [0.29, 0.717) is 0 Å². The third kappa shape index (κ3) is 2.41. The van der Waals surface area contributed by atoms with Crippen LogP contribution in [-0.4, -0.2) is 5.71 Å². The normalized spacial score (nSPS) is 16.2. The van der Waals surface area contributed by atoms with Crippen molar-refractivity contribution in [3.05, 3.63) is 35.9 Å². The van der Waals surface area contributed by atoms with Crippen LogP contribution in [0.5, 0.6) is 0 Å². The van der Waals surface area contributed by atoms with Crippen LogP contribution in [0.4, 0.5) is 0 Å². The van der Waals surface area contributed by atoms with Crippen LogP contribution in [0.15, 0.2) is 35.3 Å². The lowest BCUT2D eigenvalue weighted by Gasteiger charge is -1.97. The van der Waals surface area contributed by atoms with Gasteiger partial charge in [0.1, 0.15) is 0 Å². The number of nitrogens with zero attached hydrogens (tertiary/aromatic N) is 1. The number of hydrogen-bond donors (Lipinski definition) is 0. The summed E-state index contributed by atoms with van der Waals surface area (Å²) < 4.78 is 0. The monoisotopic (exact) mass is 173 g/mol. The van der Waals surface area contributed by atoms with E-state index in [1.165, 1.54) is 37.0 Å². The molecular weight excluding hydrogens is 158 g/mol. The zero-order valence-corrected chi connectivity index (χ0v) is 7.87. The van der Waals surface area contributed by atoms with Gasteiger partial charge in [0.15, 0.2) is 0 Å². The summed E-state index contributed by atoms with van der Waals surface area (Å²) >= 11 is 0. The molecule has 0 heterocycles. The maximum absolute atomic E-state index is 4.61. The van der Waals surface area contributed by atoms with Crippen molar-refractivity contribution in [1.29, 1.82) is 0 Å². The Morgan fingerprint density at radius 2 is 1.69 bits per heavy atom. The Morgan fingerprint density at radius 3 is 2.38 bits per heavy atom. The second kappa shape index (κ2) is 4.22. The standard InChI is InChI=1S/C12H15N/c1-2-6-11(7-3-1)10-13-12-8-4-5-9-12/h1-3,6-7H,4-5,8-10H2. The lowest BCUT2D eigenvalue weighted by molar-refractivity contribution is 0.886. The van der Waals surface area contributed by atoms with Gasteiger partial charge in [-0.05, 0) is 31.2 Å². The average molecular weight is 173 g/mol. The van der Waals surface area contributed by atoms with Gasteiger partial charge < -0.3 is 0 Å². The first-order chi connectivity index (χ1) is 6.45. The molecule has 0 aromatic heterocycles. The molecule has 0 radical (unpaired) electrons. The highest BCUT2D eigenvalue weighted by atomic mass is 14.7. The van der Waals surface area contributed by atoms with Gasteiger partial charge in [-0.15, -0.1) is 0 Å². The minimum atomic E-state index is 0.871. The minimum absolute atomic E-state index is 0.871. The van der Waals surface area contributed by atoms with E-state index in [1.807, 2.05) is 6.07 Å². The first-order valence-electron chi connectivity index (χ1n) is 5.01. The van der Waals surface area contributed by atoms with E-state index in [-0.39, 0.29) is 0 Å². The molecule has 0 unspecified atom stereocenters. The Hall–Kier alpha value is -1.11. The highest BCUT2D eigenvalue weighted by Gasteiger charge is 2.06. The Labute approximate surface area is 79.5 Å². The quantitative estimate of drug-likeness (QED) is 0.651. The second-order valence-electron chi connectivity index (χ2n) is 3.58. The Bertz CT molecular complexity index is 279. The molecule has 1 saturated carbocycles. The largest absolute Gasteiger partial charge is 0.289 e. The third-order valence-corrected chi connectivity index (χ3v) is 2.51. The summed E-state index contributed by atoms with van der Waals surface area (Å²) in [5, 5.41) is 0. The molecule has 0 bridgehead atoms. The zero-order chi connectivity index (χ0) is 8.93. The van der Waals surface area contributed by atoms with Crippen LogP contribution in [0.3, 0.4) is 0 Å². The molecule has 0 N–H and O–H groups in total. The second-order valence-corrected chi connectivity index (χ2v) is 3.58. The molecule has 13 heavy (non-hydrogen) atoms. The first kappa shape index (κ1) is 8.49. The van der Waals surface area contributed by atoms with Crippen LogP contribution in [0.2, 0.25) is 0 Å². The fourth-order valence-electron chi connectivity index (χ4n) is 1.73. The molecule has 1 aliphatic rings. The molecule has 68 valence electrons. The fraction of sp³-hybridized carbons (Fsp3) is 0.417. The lowest BCUT2D eigenvalue weighted by atomic mass is 10.2. The molecule has 1 aliphatic carbocycles. The Morgan fingerprint density at radius 1 is 1.00 bits per heavy atom. The number of rotatable bonds is 2. The van der Waals surface area contributed by atoms with Crippen LogP contribution >= 0.6 is 0 Å². The van der Waals surface area contributed by atoms with Crippen molar-refractivity contribution in [2.45, 2.75) is 32.2 Å². The SMILES string of the molecule is c1ccc(CN=C2CCCC2)cc1. The fourth-order valence-corrected chi connectivity index (χ4v) is 1.73.